The highest BCUT2D eigenvalue weighted by Crippen LogP contribution is 2.13. The third-order valence-electron chi connectivity index (χ3n) is 5.82. The maximum absolute atomic E-state index is 10.4. The SMILES string of the molecule is CCCCCCCCCCCOCCCCCCCCCCCCCCC(=O)O. The van der Waals surface area contributed by atoms with Crippen LogP contribution in [-0.4, -0.2) is 24.3 Å². The second-order valence-corrected chi connectivity index (χ2v) is 8.83. The molecule has 0 atom stereocenters. The summed E-state index contributed by atoms with van der Waals surface area (Å²) < 4.78 is 5.77. The van der Waals surface area contributed by atoms with Crippen LogP contribution < -0.4 is 0 Å². The Labute approximate surface area is 182 Å². The van der Waals surface area contributed by atoms with Gasteiger partial charge in [-0.3, -0.25) is 4.79 Å². The van der Waals surface area contributed by atoms with E-state index in [-0.39, 0.29) is 0 Å². The van der Waals surface area contributed by atoms with Gasteiger partial charge in [0.15, 0.2) is 0 Å². The maximum atomic E-state index is 10.4. The van der Waals surface area contributed by atoms with Crippen molar-refractivity contribution < 1.29 is 14.6 Å². The molecule has 0 radical (unpaired) electrons. The Hall–Kier alpha value is -0.570. The van der Waals surface area contributed by atoms with Gasteiger partial charge in [0.05, 0.1) is 0 Å². The predicted molar refractivity (Wildman–Crippen MR) is 126 cm³/mol. The first-order chi connectivity index (χ1) is 14.3. The Morgan fingerprint density at radius 2 is 0.828 bits per heavy atom. The van der Waals surface area contributed by atoms with Crippen LogP contribution in [-0.2, 0) is 9.53 Å². The van der Waals surface area contributed by atoms with Crippen molar-refractivity contribution in [2.45, 2.75) is 148 Å². The van der Waals surface area contributed by atoms with Gasteiger partial charge in [0.25, 0.3) is 0 Å². The van der Waals surface area contributed by atoms with Crippen molar-refractivity contribution in [1.29, 1.82) is 0 Å². The summed E-state index contributed by atoms with van der Waals surface area (Å²) in [6, 6.07) is 0. The van der Waals surface area contributed by atoms with Gasteiger partial charge in [-0.15, -0.1) is 0 Å². The monoisotopic (exact) mass is 412 g/mol. The number of hydrogen-bond acceptors (Lipinski definition) is 2. The minimum absolute atomic E-state index is 0.338. The van der Waals surface area contributed by atoms with E-state index < -0.39 is 5.97 Å². The number of hydrogen-bond donors (Lipinski definition) is 1. The summed E-state index contributed by atoms with van der Waals surface area (Å²) >= 11 is 0. The van der Waals surface area contributed by atoms with Crippen LogP contribution in [0.4, 0.5) is 0 Å². The summed E-state index contributed by atoms with van der Waals surface area (Å²) in [7, 11) is 0. The second kappa shape index (κ2) is 25.5. The molecule has 0 aliphatic heterocycles. The lowest BCUT2D eigenvalue weighted by Gasteiger charge is -2.05. The normalized spacial score (nSPS) is 11.2. The molecule has 3 heteroatoms. The molecule has 0 saturated heterocycles. The lowest BCUT2D eigenvalue weighted by Crippen LogP contribution is -1.97. The van der Waals surface area contributed by atoms with Gasteiger partial charge in [0.1, 0.15) is 0 Å². The first-order valence-electron chi connectivity index (χ1n) is 13.1. The van der Waals surface area contributed by atoms with Crippen LogP contribution in [0.5, 0.6) is 0 Å². The summed E-state index contributed by atoms with van der Waals surface area (Å²) in [5.41, 5.74) is 0. The number of carboxylic acid groups (broad SMARTS) is 1. The van der Waals surface area contributed by atoms with Crippen molar-refractivity contribution in [3.05, 3.63) is 0 Å². The smallest absolute Gasteiger partial charge is 0.303 e. The van der Waals surface area contributed by atoms with Crippen molar-refractivity contribution in [3.8, 4) is 0 Å². The van der Waals surface area contributed by atoms with Crippen LogP contribution in [0, 0.1) is 0 Å². The maximum Gasteiger partial charge on any atom is 0.303 e. The standard InChI is InChI=1S/C26H52O3/c1-2-3-4-5-6-12-15-18-21-24-29-25-22-19-16-13-10-8-7-9-11-14-17-20-23-26(27)28/h2-25H2,1H3,(H,27,28). The van der Waals surface area contributed by atoms with Crippen LogP contribution in [0.3, 0.4) is 0 Å². The van der Waals surface area contributed by atoms with Gasteiger partial charge in [0.2, 0.25) is 0 Å². The second-order valence-electron chi connectivity index (χ2n) is 8.83. The Bertz CT molecular complexity index is 317. The molecule has 174 valence electrons. The molecule has 0 spiro atoms. The topological polar surface area (TPSA) is 46.5 Å². The predicted octanol–water partition coefficient (Wildman–Crippen LogP) is 8.69. The number of carbonyl (C=O) groups is 1. The third kappa shape index (κ3) is 27.4. The summed E-state index contributed by atoms with van der Waals surface area (Å²) in [6.07, 6.45) is 27.8. The Balaban J connectivity index is 2.99. The van der Waals surface area contributed by atoms with Gasteiger partial charge in [-0.05, 0) is 19.3 Å². The fourth-order valence-electron chi connectivity index (χ4n) is 3.86. The van der Waals surface area contributed by atoms with Gasteiger partial charge < -0.3 is 9.84 Å². The number of aliphatic carboxylic acids is 1. The number of unbranched alkanes of at least 4 members (excludes halogenated alkanes) is 19. The van der Waals surface area contributed by atoms with E-state index in [9.17, 15) is 4.79 Å². The molecule has 0 unspecified atom stereocenters. The minimum atomic E-state index is -0.657. The van der Waals surface area contributed by atoms with Crippen molar-refractivity contribution in [1.82, 2.24) is 0 Å². The molecule has 1 N–H and O–H groups in total. The Kier molecular flexibility index (Phi) is 25.0. The lowest BCUT2D eigenvalue weighted by atomic mass is 10.0. The van der Waals surface area contributed by atoms with Crippen LogP contribution in [0.1, 0.15) is 148 Å². The largest absolute Gasteiger partial charge is 0.481 e. The van der Waals surface area contributed by atoms with Crippen molar-refractivity contribution >= 4 is 5.97 Å². The van der Waals surface area contributed by atoms with E-state index >= 15 is 0 Å². The highest BCUT2D eigenvalue weighted by Gasteiger charge is 1.97. The molecular weight excluding hydrogens is 360 g/mol. The fourth-order valence-corrected chi connectivity index (χ4v) is 3.86. The lowest BCUT2D eigenvalue weighted by molar-refractivity contribution is -0.137. The van der Waals surface area contributed by atoms with E-state index in [1.807, 2.05) is 0 Å². The molecule has 0 aromatic heterocycles. The first-order valence-corrected chi connectivity index (χ1v) is 13.1. The van der Waals surface area contributed by atoms with E-state index in [1.54, 1.807) is 0 Å². The third-order valence-corrected chi connectivity index (χ3v) is 5.82. The van der Waals surface area contributed by atoms with Crippen LogP contribution >= 0.6 is 0 Å². The summed E-state index contributed by atoms with van der Waals surface area (Å²) in [5.74, 6) is -0.657. The van der Waals surface area contributed by atoms with Crippen LogP contribution in [0.2, 0.25) is 0 Å². The zero-order chi connectivity index (χ0) is 21.3. The molecule has 0 aliphatic rings. The van der Waals surface area contributed by atoms with Crippen molar-refractivity contribution in [2.24, 2.45) is 0 Å². The number of carboxylic acids is 1. The van der Waals surface area contributed by atoms with E-state index in [2.05, 4.69) is 6.92 Å². The highest BCUT2D eigenvalue weighted by atomic mass is 16.5. The Morgan fingerprint density at radius 3 is 1.17 bits per heavy atom. The van der Waals surface area contributed by atoms with Crippen molar-refractivity contribution in [3.63, 3.8) is 0 Å². The summed E-state index contributed by atoms with van der Waals surface area (Å²) in [5, 5.41) is 8.58. The van der Waals surface area contributed by atoms with Crippen LogP contribution in [0.25, 0.3) is 0 Å². The first kappa shape index (κ1) is 28.4. The Morgan fingerprint density at radius 1 is 0.517 bits per heavy atom. The average Bonchev–Trinajstić information content (AvgIpc) is 2.71. The van der Waals surface area contributed by atoms with Gasteiger partial charge in [0, 0.05) is 19.6 Å². The zero-order valence-electron chi connectivity index (χ0n) is 19.7. The minimum Gasteiger partial charge on any atom is -0.481 e. The summed E-state index contributed by atoms with van der Waals surface area (Å²) in [6.45, 7) is 4.20. The van der Waals surface area contributed by atoms with Crippen molar-refractivity contribution in [2.75, 3.05) is 13.2 Å². The van der Waals surface area contributed by atoms with Gasteiger partial charge in [-0.2, -0.15) is 0 Å². The molecular formula is C26H52O3. The molecule has 0 saturated carbocycles. The van der Waals surface area contributed by atoms with E-state index in [1.165, 1.54) is 122 Å². The molecule has 0 fully saturated rings. The molecule has 0 rings (SSSR count). The molecule has 0 aromatic carbocycles. The fraction of sp³-hybridized carbons (Fsp3) is 0.962. The quantitative estimate of drug-likeness (QED) is 0.152. The van der Waals surface area contributed by atoms with E-state index in [4.69, 9.17) is 9.84 Å². The van der Waals surface area contributed by atoms with E-state index in [0.717, 1.165) is 26.1 Å². The molecule has 3 nitrogen and oxygen atoms in total. The van der Waals surface area contributed by atoms with Gasteiger partial charge in [-0.1, -0.05) is 122 Å². The molecule has 29 heavy (non-hydrogen) atoms. The van der Waals surface area contributed by atoms with Gasteiger partial charge >= 0.3 is 5.97 Å². The molecule has 0 aliphatic carbocycles. The molecule has 0 bridgehead atoms. The zero-order valence-corrected chi connectivity index (χ0v) is 19.7. The highest BCUT2D eigenvalue weighted by molar-refractivity contribution is 5.66. The molecule has 0 heterocycles. The molecule has 0 aromatic rings. The van der Waals surface area contributed by atoms with Crippen LogP contribution in [0.15, 0.2) is 0 Å². The molecule has 0 amide bonds. The average molecular weight is 413 g/mol. The summed E-state index contributed by atoms with van der Waals surface area (Å²) in [4.78, 5) is 10.4. The van der Waals surface area contributed by atoms with E-state index in [0.29, 0.717) is 6.42 Å². The number of rotatable bonds is 25. The van der Waals surface area contributed by atoms with Gasteiger partial charge in [-0.25, -0.2) is 0 Å². The number of ether oxygens (including phenoxy) is 1.